The van der Waals surface area contributed by atoms with Crippen molar-refractivity contribution in [1.82, 2.24) is 0 Å². The molecule has 0 saturated heterocycles. The fourth-order valence-electron chi connectivity index (χ4n) is 10.9. The molecular formula is C81H144O17P2. The van der Waals surface area contributed by atoms with Gasteiger partial charge in [-0.1, -0.05) is 312 Å². The molecule has 3 N–H and O–H groups in total. The summed E-state index contributed by atoms with van der Waals surface area (Å²) in [5.41, 5.74) is 0. The van der Waals surface area contributed by atoms with Gasteiger partial charge >= 0.3 is 39.5 Å². The van der Waals surface area contributed by atoms with E-state index in [1.807, 2.05) is 0 Å². The molecule has 17 nitrogen and oxygen atoms in total. The van der Waals surface area contributed by atoms with Gasteiger partial charge in [-0.05, 0) is 96.3 Å². The number of esters is 4. The lowest BCUT2D eigenvalue weighted by molar-refractivity contribution is -0.161. The quantitative estimate of drug-likeness (QED) is 0.0169. The van der Waals surface area contributed by atoms with Crippen LogP contribution in [0.1, 0.15) is 349 Å². The van der Waals surface area contributed by atoms with Crippen molar-refractivity contribution in [1.29, 1.82) is 0 Å². The third kappa shape index (κ3) is 72.6. The molecule has 5 atom stereocenters. The number of unbranched alkanes of at least 4 members (excludes halogenated alkanes) is 35. The molecule has 0 aliphatic heterocycles. The van der Waals surface area contributed by atoms with Crippen LogP contribution in [-0.2, 0) is 65.4 Å². The SMILES string of the molecule is CC/C=C\C/C=C\C/C=C\C/C=C\CCCCC(=O)OCC(COP(=O)(O)OCC(O)COP(=O)(O)OCC(COC(=O)CCCCCCC/C=C\C/C=C\C/C=C\CC)OC(=O)CCCCCCCCCCCCCCCCC)OC(=O)CCCCCCCCCCCCCCCCC. The van der Waals surface area contributed by atoms with Crippen LogP contribution in [0.25, 0.3) is 0 Å². The Balaban J connectivity index is 5.37. The normalized spacial score (nSPS) is 14.3. The molecule has 19 heteroatoms. The van der Waals surface area contributed by atoms with Crippen LogP contribution in [0, 0.1) is 0 Å². The summed E-state index contributed by atoms with van der Waals surface area (Å²) in [6, 6.07) is 0. The number of ether oxygens (including phenoxy) is 4. The van der Waals surface area contributed by atoms with Gasteiger partial charge in [0.1, 0.15) is 19.3 Å². The average Bonchev–Trinajstić information content (AvgIpc) is 1.01. The Labute approximate surface area is 608 Å². The first kappa shape index (κ1) is 96.2. The van der Waals surface area contributed by atoms with Crippen LogP contribution in [0.3, 0.4) is 0 Å². The minimum atomic E-state index is -4.98. The van der Waals surface area contributed by atoms with Crippen LogP contribution in [-0.4, -0.2) is 96.7 Å². The maximum absolute atomic E-state index is 13.1. The Morgan fingerprint density at radius 1 is 0.290 bits per heavy atom. The lowest BCUT2D eigenvalue weighted by Gasteiger charge is -2.21. The first-order chi connectivity index (χ1) is 48.7. The highest BCUT2D eigenvalue weighted by Gasteiger charge is 2.30. The van der Waals surface area contributed by atoms with E-state index in [-0.39, 0.29) is 25.7 Å². The van der Waals surface area contributed by atoms with E-state index in [0.717, 1.165) is 141 Å². The number of rotatable bonds is 75. The average molecular weight is 1450 g/mol. The second-order valence-electron chi connectivity index (χ2n) is 26.6. The number of aliphatic hydroxyl groups is 1. The second kappa shape index (κ2) is 73.5. The number of hydrogen-bond acceptors (Lipinski definition) is 15. The van der Waals surface area contributed by atoms with Gasteiger partial charge in [0.2, 0.25) is 0 Å². The minimum absolute atomic E-state index is 0.0903. The van der Waals surface area contributed by atoms with Crippen LogP contribution < -0.4 is 0 Å². The van der Waals surface area contributed by atoms with Crippen molar-refractivity contribution >= 4 is 39.5 Å². The number of allylic oxidation sites excluding steroid dienone is 14. The summed E-state index contributed by atoms with van der Waals surface area (Å²) in [6.07, 6.45) is 75.6. The van der Waals surface area contributed by atoms with Gasteiger partial charge in [-0.25, -0.2) is 9.13 Å². The van der Waals surface area contributed by atoms with Crippen LogP contribution in [0.15, 0.2) is 85.1 Å². The lowest BCUT2D eigenvalue weighted by atomic mass is 10.0. The molecule has 0 aromatic rings. The molecule has 0 rings (SSSR count). The maximum atomic E-state index is 13.1. The second-order valence-corrected chi connectivity index (χ2v) is 29.5. The van der Waals surface area contributed by atoms with E-state index >= 15 is 0 Å². The summed E-state index contributed by atoms with van der Waals surface area (Å²) in [5.74, 6) is -2.21. The summed E-state index contributed by atoms with van der Waals surface area (Å²) in [7, 11) is -9.96. The molecule has 0 heterocycles. The molecule has 0 amide bonds. The smallest absolute Gasteiger partial charge is 0.462 e. The molecule has 0 bridgehead atoms. The molecule has 580 valence electrons. The van der Waals surface area contributed by atoms with Crippen molar-refractivity contribution in [3.8, 4) is 0 Å². The predicted molar refractivity (Wildman–Crippen MR) is 409 cm³/mol. The Bertz CT molecular complexity index is 2230. The summed E-state index contributed by atoms with van der Waals surface area (Å²) in [5, 5.41) is 10.6. The molecule has 0 aromatic carbocycles. The van der Waals surface area contributed by atoms with E-state index in [1.165, 1.54) is 128 Å². The summed E-state index contributed by atoms with van der Waals surface area (Å²) in [4.78, 5) is 73.0. The first-order valence-corrected chi connectivity index (χ1v) is 42.8. The molecule has 0 spiro atoms. The van der Waals surface area contributed by atoms with Gasteiger partial charge in [-0.15, -0.1) is 0 Å². The van der Waals surface area contributed by atoms with E-state index in [0.29, 0.717) is 25.7 Å². The zero-order valence-corrected chi connectivity index (χ0v) is 65.2. The van der Waals surface area contributed by atoms with E-state index < -0.39 is 97.5 Å². The molecule has 0 aliphatic rings. The number of carbonyl (C=O) groups excluding carboxylic acids is 4. The highest BCUT2D eigenvalue weighted by Crippen LogP contribution is 2.45. The third-order valence-electron chi connectivity index (χ3n) is 16.9. The topological polar surface area (TPSA) is 237 Å². The zero-order valence-electron chi connectivity index (χ0n) is 63.4. The fourth-order valence-corrected chi connectivity index (χ4v) is 12.5. The molecule has 0 radical (unpaired) electrons. The van der Waals surface area contributed by atoms with E-state index in [2.05, 4.69) is 113 Å². The molecule has 0 saturated carbocycles. The zero-order chi connectivity index (χ0) is 73.2. The van der Waals surface area contributed by atoms with E-state index in [9.17, 15) is 43.2 Å². The fraction of sp³-hybridized carbons (Fsp3) is 0.778. The number of phosphoric acid groups is 2. The van der Waals surface area contributed by atoms with Gasteiger partial charge < -0.3 is 33.8 Å². The van der Waals surface area contributed by atoms with Crippen molar-refractivity contribution in [3.05, 3.63) is 85.1 Å². The summed E-state index contributed by atoms with van der Waals surface area (Å²) in [6.45, 7) is 4.65. The Morgan fingerprint density at radius 3 is 0.820 bits per heavy atom. The Kier molecular flexibility index (Phi) is 70.8. The van der Waals surface area contributed by atoms with Crippen molar-refractivity contribution in [2.75, 3.05) is 39.6 Å². The van der Waals surface area contributed by atoms with Gasteiger partial charge in [0.25, 0.3) is 0 Å². The molecule has 0 aromatic heterocycles. The van der Waals surface area contributed by atoms with Crippen molar-refractivity contribution in [2.24, 2.45) is 0 Å². The highest BCUT2D eigenvalue weighted by molar-refractivity contribution is 7.47. The Hall–Kier alpha value is -3.76. The number of hydrogen-bond donors (Lipinski definition) is 3. The van der Waals surface area contributed by atoms with Crippen molar-refractivity contribution in [2.45, 2.75) is 367 Å². The van der Waals surface area contributed by atoms with Crippen LogP contribution in [0.2, 0.25) is 0 Å². The summed E-state index contributed by atoms with van der Waals surface area (Å²) >= 11 is 0. The largest absolute Gasteiger partial charge is 0.472 e. The van der Waals surface area contributed by atoms with Gasteiger partial charge in [0.15, 0.2) is 12.2 Å². The van der Waals surface area contributed by atoms with Gasteiger partial charge in [-0.3, -0.25) is 37.3 Å². The predicted octanol–water partition coefficient (Wildman–Crippen LogP) is 23.0. The standard InChI is InChI=1S/C81H144O17P2/c1-5-9-13-17-21-25-29-33-37-41-45-49-53-57-61-65-78(83)91-71-76(97-80(85)67-63-59-55-51-47-43-39-35-31-27-23-19-15-11-7-3)73-95-99(87,88)93-69-75(82)70-94-100(89,90)96-74-77(98-81(86)68-64-60-56-52-48-44-40-36-32-28-24-20-16-12-8-4)72-92-79(84)66-62-58-54-50-46-42-38-34-30-26-22-18-14-10-6-2/h9-10,13-14,21-22,25-26,33-34,37-38,45,49,75-77,82H,5-8,11-12,15-20,23-24,27-32,35-36,39-44,46-48,50-74H2,1-4H3,(H,87,88)(H,89,90)/b13-9-,14-10-,25-21-,26-22-,37-33-,38-34-,49-45-. The minimum Gasteiger partial charge on any atom is -0.462 e. The Morgan fingerprint density at radius 2 is 0.520 bits per heavy atom. The number of phosphoric ester groups is 2. The van der Waals surface area contributed by atoms with E-state index in [4.69, 9.17) is 37.0 Å². The van der Waals surface area contributed by atoms with E-state index in [1.54, 1.807) is 0 Å². The number of aliphatic hydroxyl groups excluding tert-OH is 1. The summed E-state index contributed by atoms with van der Waals surface area (Å²) < 4.78 is 68.6. The van der Waals surface area contributed by atoms with Crippen LogP contribution in [0.5, 0.6) is 0 Å². The van der Waals surface area contributed by atoms with Gasteiger partial charge in [0, 0.05) is 25.7 Å². The molecule has 0 fully saturated rings. The van der Waals surface area contributed by atoms with Crippen molar-refractivity contribution in [3.63, 3.8) is 0 Å². The third-order valence-corrected chi connectivity index (χ3v) is 18.8. The molecule has 100 heavy (non-hydrogen) atoms. The molecule has 5 unspecified atom stereocenters. The van der Waals surface area contributed by atoms with Crippen LogP contribution in [0.4, 0.5) is 0 Å². The highest BCUT2D eigenvalue weighted by atomic mass is 31.2. The number of carbonyl (C=O) groups is 4. The van der Waals surface area contributed by atoms with Crippen LogP contribution >= 0.6 is 15.6 Å². The van der Waals surface area contributed by atoms with Crippen molar-refractivity contribution < 1.29 is 80.2 Å². The molecule has 0 aliphatic carbocycles. The maximum Gasteiger partial charge on any atom is 0.472 e. The first-order valence-electron chi connectivity index (χ1n) is 39.8. The van der Waals surface area contributed by atoms with Gasteiger partial charge in [0.05, 0.1) is 26.4 Å². The molecular weight excluding hydrogens is 1310 g/mol. The lowest BCUT2D eigenvalue weighted by Crippen LogP contribution is -2.30. The monoisotopic (exact) mass is 1450 g/mol. The van der Waals surface area contributed by atoms with Gasteiger partial charge in [-0.2, -0.15) is 0 Å².